The first-order chi connectivity index (χ1) is 19.0. The van der Waals surface area contributed by atoms with Crippen molar-refractivity contribution in [1.29, 1.82) is 0 Å². The summed E-state index contributed by atoms with van der Waals surface area (Å²) in [6, 6.07) is 6.03. The summed E-state index contributed by atoms with van der Waals surface area (Å²) in [5, 5.41) is 6.19. The summed E-state index contributed by atoms with van der Waals surface area (Å²) in [4.78, 5) is 36.6. The Bertz CT molecular complexity index is 1550. The van der Waals surface area contributed by atoms with Crippen LogP contribution in [-0.2, 0) is 18.0 Å². The highest BCUT2D eigenvalue weighted by Gasteiger charge is 2.48. The molecule has 0 aliphatic carbocycles. The summed E-state index contributed by atoms with van der Waals surface area (Å²) >= 11 is 0. The first-order valence-corrected chi connectivity index (χ1v) is 13.0. The summed E-state index contributed by atoms with van der Waals surface area (Å²) in [5.74, 6) is 6.87. The normalized spacial score (nSPS) is 25.8. The molecule has 5 heterocycles. The van der Waals surface area contributed by atoms with Gasteiger partial charge in [-0.25, -0.2) is 0 Å². The Morgan fingerprint density at radius 2 is 2.00 bits per heavy atom. The molecule has 0 spiro atoms. The molecule has 2 amide bonds. The van der Waals surface area contributed by atoms with E-state index in [1.54, 1.807) is 36.8 Å². The van der Waals surface area contributed by atoms with Crippen LogP contribution in [0.5, 0.6) is 0 Å². The Labute approximate surface area is 227 Å². The van der Waals surface area contributed by atoms with Crippen molar-refractivity contribution < 1.29 is 27.4 Å². The number of aliphatic imine (C=N–C) groups is 2. The van der Waals surface area contributed by atoms with Crippen LogP contribution in [0.4, 0.5) is 19.0 Å². The molecule has 40 heavy (non-hydrogen) atoms. The monoisotopic (exact) mass is 553 g/mol. The molecule has 0 radical (unpaired) electrons. The Kier molecular flexibility index (Phi) is 6.04. The molecule has 1 aromatic carbocycles. The van der Waals surface area contributed by atoms with Crippen LogP contribution < -0.4 is 11.2 Å². The molecule has 4 aliphatic heterocycles. The Balaban J connectivity index is 1.28. The van der Waals surface area contributed by atoms with Gasteiger partial charge in [-0.15, -0.1) is 4.59 Å². The van der Waals surface area contributed by atoms with Crippen LogP contribution in [0.25, 0.3) is 0 Å². The average molecular weight is 554 g/mol. The molecule has 0 bridgehead atoms. The van der Waals surface area contributed by atoms with E-state index in [0.717, 1.165) is 49.3 Å². The van der Waals surface area contributed by atoms with Crippen LogP contribution in [0.1, 0.15) is 52.9 Å². The quantitative estimate of drug-likeness (QED) is 0.444. The van der Waals surface area contributed by atoms with Gasteiger partial charge in [0.25, 0.3) is 11.7 Å². The molecule has 4 aliphatic rings. The largest absolute Gasteiger partial charge is 0.433 e. The molecule has 1 aromatic heterocycles. The molecule has 2 fully saturated rings. The van der Waals surface area contributed by atoms with Crippen LogP contribution in [0.15, 0.2) is 58.0 Å². The molecule has 208 valence electrons. The Morgan fingerprint density at radius 1 is 1.20 bits per heavy atom. The maximum absolute atomic E-state index is 13.1. The number of anilines is 1. The van der Waals surface area contributed by atoms with Crippen LogP contribution in [-0.4, -0.2) is 55.7 Å². The highest BCUT2D eigenvalue weighted by molar-refractivity contribution is 6.06. The molecule has 10 nitrogen and oxygen atoms in total. The number of amides is 2. The number of hydrogen-bond donors (Lipinski definition) is 2. The summed E-state index contributed by atoms with van der Waals surface area (Å²) in [6.07, 6.45) is 3.77. The number of amidine groups is 1. The molecule has 2 saturated heterocycles. The van der Waals surface area contributed by atoms with Crippen molar-refractivity contribution in [2.45, 2.75) is 44.8 Å². The molecular formula is C27H28F3N8O2+. The zero-order valence-electron chi connectivity index (χ0n) is 21.9. The number of aryl methyl sites for hydroxylation is 2. The minimum absolute atomic E-state index is 0.0233. The number of halogens is 3. The van der Waals surface area contributed by atoms with Crippen molar-refractivity contribution in [3.8, 4) is 0 Å². The molecule has 2 aromatic rings. The summed E-state index contributed by atoms with van der Waals surface area (Å²) in [5.41, 5.74) is 2.25. The first kappa shape index (κ1) is 26.1. The number of benzene rings is 1. The highest BCUT2D eigenvalue weighted by atomic mass is 19.4. The van der Waals surface area contributed by atoms with Crippen molar-refractivity contribution in [1.82, 2.24) is 14.7 Å². The predicted molar refractivity (Wildman–Crippen MR) is 140 cm³/mol. The van der Waals surface area contributed by atoms with Gasteiger partial charge in [0.2, 0.25) is 11.6 Å². The second-order valence-electron chi connectivity index (χ2n) is 10.6. The highest BCUT2D eigenvalue weighted by Crippen LogP contribution is 2.41. The third-order valence-electron chi connectivity index (χ3n) is 8.07. The van der Waals surface area contributed by atoms with Gasteiger partial charge in [-0.1, -0.05) is 0 Å². The number of alkyl halides is 3. The third kappa shape index (κ3) is 4.25. The van der Waals surface area contributed by atoms with Gasteiger partial charge in [0.1, 0.15) is 17.6 Å². The Hall–Kier alpha value is -4.10. The van der Waals surface area contributed by atoms with Gasteiger partial charge in [0.15, 0.2) is 5.82 Å². The lowest BCUT2D eigenvalue weighted by atomic mass is 9.90. The first-order valence-electron chi connectivity index (χ1n) is 13.0. The fourth-order valence-corrected chi connectivity index (χ4v) is 6.02. The molecule has 1 unspecified atom stereocenters. The van der Waals surface area contributed by atoms with Crippen molar-refractivity contribution >= 4 is 29.7 Å². The average Bonchev–Trinajstić information content (AvgIpc) is 3.56. The fourth-order valence-electron chi connectivity index (χ4n) is 6.02. The smallest absolute Gasteiger partial charge is 0.339 e. The van der Waals surface area contributed by atoms with Crippen LogP contribution >= 0.6 is 0 Å². The number of aromatic nitrogens is 2. The lowest BCUT2D eigenvalue weighted by molar-refractivity contribution is -0.750. The number of carbonyl (C=O) groups excluding carboxylic acids is 2. The van der Waals surface area contributed by atoms with E-state index in [0.29, 0.717) is 35.1 Å². The van der Waals surface area contributed by atoms with E-state index < -0.39 is 17.8 Å². The minimum atomic E-state index is -4.59. The van der Waals surface area contributed by atoms with Crippen LogP contribution in [0.3, 0.4) is 0 Å². The molecule has 3 atom stereocenters. The number of piperidine rings is 1. The zero-order valence-corrected chi connectivity index (χ0v) is 21.9. The van der Waals surface area contributed by atoms with Gasteiger partial charge in [-0.2, -0.15) is 29.1 Å². The number of rotatable bonds is 4. The lowest BCUT2D eigenvalue weighted by Crippen LogP contribution is -2.53. The predicted octanol–water partition coefficient (Wildman–Crippen LogP) is 3.62. The topological polar surface area (TPSA) is 118 Å². The van der Waals surface area contributed by atoms with Crippen LogP contribution in [0, 0.1) is 12.8 Å². The van der Waals surface area contributed by atoms with Crippen LogP contribution in [0.2, 0.25) is 0 Å². The fraction of sp³-hybridized carbons (Fsp3) is 0.370. The van der Waals surface area contributed by atoms with E-state index in [-0.39, 0.29) is 27.8 Å². The lowest BCUT2D eigenvalue weighted by Gasteiger charge is -2.35. The van der Waals surface area contributed by atoms with E-state index in [1.165, 1.54) is 0 Å². The zero-order chi connectivity index (χ0) is 28.4. The number of hydrogen-bond acceptors (Lipinski definition) is 6. The number of carbonyl (C=O) groups is 2. The van der Waals surface area contributed by atoms with Gasteiger partial charge < -0.3 is 10.2 Å². The SMILES string of the molecule is Cc1cc(C(=O)Nc2cc(C(F)(F)F)n(C)n2)ccc1C1=NC([C@@H]2CC[C@H]3CCC(=O)N3C2)=C2C=NC=C[N+]12N. The Morgan fingerprint density at radius 3 is 2.73 bits per heavy atom. The number of allylic oxidation sites excluding steroid dienone is 1. The van der Waals surface area contributed by atoms with Gasteiger partial charge in [-0.05, 0) is 49.9 Å². The number of quaternary nitrogens is 1. The standard InChI is InChI=1S/C27H27F3N8O2/c1-15-11-16(26(40)33-22-12-21(27(28,29)30)36(2)35-22)4-7-19(15)25-34-24(20-13-32-9-10-38(20,25)31)17-3-5-18-6-8-23(39)37(18)14-17/h4,7,9-13,17-18H,3,5-6,8,14,31H2,1-2H3/p+1/t17-,18+,38?/m1/s1. The van der Waals surface area contributed by atoms with E-state index in [1.807, 2.05) is 11.8 Å². The number of nitrogens with two attached hydrogens (primary N) is 1. The van der Waals surface area contributed by atoms with E-state index in [9.17, 15) is 22.8 Å². The molecule has 13 heteroatoms. The maximum atomic E-state index is 13.1. The second-order valence-corrected chi connectivity index (χ2v) is 10.6. The van der Waals surface area contributed by atoms with E-state index >= 15 is 0 Å². The van der Waals surface area contributed by atoms with Gasteiger partial charge >= 0.3 is 6.18 Å². The summed E-state index contributed by atoms with van der Waals surface area (Å²) in [7, 11) is 1.16. The van der Waals surface area contributed by atoms with Crippen molar-refractivity contribution in [2.24, 2.45) is 28.8 Å². The molecular weight excluding hydrogens is 525 g/mol. The second kappa shape index (κ2) is 9.24. The minimum Gasteiger partial charge on any atom is -0.339 e. The van der Waals surface area contributed by atoms with Crippen molar-refractivity contribution in [3.05, 3.63) is 70.4 Å². The summed E-state index contributed by atoms with van der Waals surface area (Å²) < 4.78 is 39.8. The number of nitrogens with one attached hydrogen (secondary N) is 1. The van der Waals surface area contributed by atoms with Gasteiger partial charge in [-0.3, -0.25) is 19.3 Å². The van der Waals surface area contributed by atoms with Gasteiger partial charge in [0, 0.05) is 43.6 Å². The molecule has 0 saturated carbocycles. The van der Waals surface area contributed by atoms with Gasteiger partial charge in [0.05, 0.1) is 18.0 Å². The van der Waals surface area contributed by atoms with E-state index in [4.69, 9.17) is 10.8 Å². The van der Waals surface area contributed by atoms with E-state index in [2.05, 4.69) is 15.4 Å². The number of nitrogens with zero attached hydrogens (tertiary/aromatic N) is 6. The number of fused-ring (bicyclic) bond motifs is 2. The third-order valence-corrected chi connectivity index (χ3v) is 8.07. The summed E-state index contributed by atoms with van der Waals surface area (Å²) in [6.45, 7) is 2.41. The van der Waals surface area contributed by atoms with Crippen molar-refractivity contribution in [2.75, 3.05) is 11.9 Å². The van der Waals surface area contributed by atoms with Crippen molar-refractivity contribution in [3.63, 3.8) is 0 Å². The maximum Gasteiger partial charge on any atom is 0.433 e. The molecule has 6 rings (SSSR count). The molecule has 3 N–H and O–H groups in total.